The molecule has 0 unspecified atom stereocenters. The van der Waals surface area contributed by atoms with Gasteiger partial charge in [-0.1, -0.05) is 6.92 Å². The minimum Gasteiger partial charge on any atom is -0.494 e. The maximum absolute atomic E-state index is 13.3. The summed E-state index contributed by atoms with van der Waals surface area (Å²) in [5.74, 6) is 0.421. The molecule has 2 N–H and O–H groups in total. The van der Waals surface area contributed by atoms with E-state index in [0.717, 1.165) is 11.8 Å². The number of benzene rings is 1. The molecular formula is C14H15F3N2OS. The monoisotopic (exact) mass is 316 g/mol. The number of thioether (sulfide) groups is 1. The molecule has 0 amide bonds. The minimum atomic E-state index is -4.48. The van der Waals surface area contributed by atoms with Crippen molar-refractivity contribution in [1.82, 2.24) is 9.88 Å². The van der Waals surface area contributed by atoms with Gasteiger partial charge in [0.15, 0.2) is 5.88 Å². The standard InChI is InChI=1S/C14H15F3N2OS/c1-2-21-8-5-9-11-7-18-3-4-19(11)13(20)12(9)10(6-8)14(15,16)17/h5-6,18,20H,2-4,7H2,1H3. The van der Waals surface area contributed by atoms with E-state index in [4.69, 9.17) is 0 Å². The van der Waals surface area contributed by atoms with Gasteiger partial charge < -0.3 is 15.0 Å². The molecule has 1 aliphatic rings. The van der Waals surface area contributed by atoms with Crippen molar-refractivity contribution in [3.05, 3.63) is 23.4 Å². The Morgan fingerprint density at radius 3 is 2.81 bits per heavy atom. The van der Waals surface area contributed by atoms with E-state index in [-0.39, 0.29) is 11.3 Å². The highest BCUT2D eigenvalue weighted by Gasteiger charge is 2.36. The van der Waals surface area contributed by atoms with Crippen molar-refractivity contribution in [2.24, 2.45) is 0 Å². The van der Waals surface area contributed by atoms with Crippen molar-refractivity contribution >= 4 is 22.5 Å². The maximum Gasteiger partial charge on any atom is 0.417 e. The summed E-state index contributed by atoms with van der Waals surface area (Å²) in [7, 11) is 0. The fourth-order valence-corrected chi connectivity index (χ4v) is 3.53. The van der Waals surface area contributed by atoms with E-state index in [2.05, 4.69) is 5.32 Å². The van der Waals surface area contributed by atoms with Gasteiger partial charge in [-0.25, -0.2) is 0 Å². The van der Waals surface area contributed by atoms with Crippen LogP contribution in [0.3, 0.4) is 0 Å². The Bertz CT molecular complexity index is 694. The molecule has 1 aromatic carbocycles. The Labute approximate surface area is 124 Å². The number of halogens is 3. The van der Waals surface area contributed by atoms with Gasteiger partial charge in [0, 0.05) is 35.6 Å². The lowest BCUT2D eigenvalue weighted by Crippen LogP contribution is -2.27. The number of rotatable bonds is 2. The van der Waals surface area contributed by atoms with Crippen molar-refractivity contribution < 1.29 is 18.3 Å². The van der Waals surface area contributed by atoms with E-state index in [9.17, 15) is 18.3 Å². The Kier molecular flexibility index (Phi) is 3.57. The second-order valence-electron chi connectivity index (χ2n) is 4.92. The summed E-state index contributed by atoms with van der Waals surface area (Å²) in [6, 6.07) is 2.88. The molecule has 0 aliphatic carbocycles. The summed E-state index contributed by atoms with van der Waals surface area (Å²) in [6.07, 6.45) is -4.48. The Morgan fingerprint density at radius 1 is 1.38 bits per heavy atom. The van der Waals surface area contributed by atoms with Gasteiger partial charge in [-0.15, -0.1) is 11.8 Å². The highest BCUT2D eigenvalue weighted by Crippen LogP contribution is 2.44. The predicted octanol–water partition coefficient (Wildman–Crippen LogP) is 3.58. The van der Waals surface area contributed by atoms with Crippen LogP contribution < -0.4 is 5.32 Å². The molecule has 21 heavy (non-hydrogen) atoms. The molecule has 0 saturated carbocycles. The van der Waals surface area contributed by atoms with Gasteiger partial charge in [-0.3, -0.25) is 0 Å². The van der Waals surface area contributed by atoms with E-state index in [1.54, 1.807) is 10.6 Å². The van der Waals surface area contributed by atoms with E-state index in [1.807, 2.05) is 6.92 Å². The predicted molar refractivity (Wildman–Crippen MR) is 76.7 cm³/mol. The van der Waals surface area contributed by atoms with Crippen molar-refractivity contribution in [1.29, 1.82) is 0 Å². The van der Waals surface area contributed by atoms with Gasteiger partial charge in [0.2, 0.25) is 0 Å². The van der Waals surface area contributed by atoms with Gasteiger partial charge in [-0.05, 0) is 17.9 Å². The lowest BCUT2D eigenvalue weighted by molar-refractivity contribution is -0.136. The van der Waals surface area contributed by atoms with Crippen LogP contribution in [0.5, 0.6) is 5.88 Å². The molecule has 0 saturated heterocycles. The van der Waals surface area contributed by atoms with Gasteiger partial charge in [0.05, 0.1) is 10.9 Å². The topological polar surface area (TPSA) is 37.2 Å². The summed E-state index contributed by atoms with van der Waals surface area (Å²) in [6.45, 7) is 3.48. The molecule has 0 spiro atoms. The second-order valence-corrected chi connectivity index (χ2v) is 6.26. The van der Waals surface area contributed by atoms with E-state index >= 15 is 0 Å². The number of fused-ring (bicyclic) bond motifs is 3. The molecule has 3 nitrogen and oxygen atoms in total. The van der Waals surface area contributed by atoms with Gasteiger partial charge in [-0.2, -0.15) is 13.2 Å². The summed E-state index contributed by atoms with van der Waals surface area (Å²) in [5.41, 5.74) is -0.0341. The zero-order chi connectivity index (χ0) is 15.2. The summed E-state index contributed by atoms with van der Waals surface area (Å²) in [5, 5.41) is 13.8. The van der Waals surface area contributed by atoms with Crippen LogP contribution in [0.2, 0.25) is 0 Å². The van der Waals surface area contributed by atoms with Crippen LogP contribution >= 0.6 is 11.8 Å². The first-order chi connectivity index (χ1) is 9.93. The van der Waals surface area contributed by atoms with Crippen LogP contribution in [0.4, 0.5) is 13.2 Å². The smallest absolute Gasteiger partial charge is 0.417 e. The van der Waals surface area contributed by atoms with Crippen molar-refractivity contribution in [3.8, 4) is 5.88 Å². The number of aromatic hydroxyl groups is 1. The molecule has 114 valence electrons. The zero-order valence-electron chi connectivity index (χ0n) is 11.4. The zero-order valence-corrected chi connectivity index (χ0v) is 12.2. The third-order valence-electron chi connectivity index (χ3n) is 3.65. The number of aromatic nitrogens is 1. The summed E-state index contributed by atoms with van der Waals surface area (Å²) >= 11 is 1.37. The van der Waals surface area contributed by atoms with Crippen molar-refractivity contribution in [2.75, 3.05) is 12.3 Å². The first kappa shape index (κ1) is 14.6. The molecule has 2 aromatic rings. The molecule has 0 fully saturated rings. The molecule has 7 heteroatoms. The quantitative estimate of drug-likeness (QED) is 0.832. The maximum atomic E-state index is 13.3. The van der Waals surface area contributed by atoms with Gasteiger partial charge in [0.1, 0.15) is 0 Å². The first-order valence-corrected chi connectivity index (χ1v) is 7.70. The molecule has 0 bridgehead atoms. The largest absolute Gasteiger partial charge is 0.494 e. The second kappa shape index (κ2) is 5.14. The molecule has 1 aromatic heterocycles. The number of alkyl halides is 3. The van der Waals surface area contributed by atoms with Crippen LogP contribution in [-0.4, -0.2) is 22.0 Å². The van der Waals surface area contributed by atoms with Crippen LogP contribution in [0.1, 0.15) is 18.2 Å². The molecule has 0 atom stereocenters. The van der Waals surface area contributed by atoms with Gasteiger partial charge in [0.25, 0.3) is 0 Å². The van der Waals surface area contributed by atoms with E-state index in [1.165, 1.54) is 11.8 Å². The molecule has 3 rings (SSSR count). The fourth-order valence-electron chi connectivity index (χ4n) is 2.80. The van der Waals surface area contributed by atoms with Crippen molar-refractivity contribution in [2.45, 2.75) is 31.1 Å². The number of hydrogen-bond donors (Lipinski definition) is 2. The molecular weight excluding hydrogens is 301 g/mol. The average Bonchev–Trinajstić information content (AvgIpc) is 2.72. The van der Waals surface area contributed by atoms with E-state index < -0.39 is 11.7 Å². The molecule has 1 aliphatic heterocycles. The number of nitrogens with zero attached hydrogens (tertiary/aromatic N) is 1. The highest BCUT2D eigenvalue weighted by molar-refractivity contribution is 7.99. The normalized spacial score (nSPS) is 15.4. The lowest BCUT2D eigenvalue weighted by Gasteiger charge is -2.17. The van der Waals surface area contributed by atoms with Crippen LogP contribution in [0.15, 0.2) is 17.0 Å². The number of hydrogen-bond acceptors (Lipinski definition) is 3. The average molecular weight is 316 g/mol. The van der Waals surface area contributed by atoms with Gasteiger partial charge >= 0.3 is 6.18 Å². The van der Waals surface area contributed by atoms with Crippen LogP contribution in [-0.2, 0) is 19.3 Å². The Balaban J connectivity index is 2.35. The van der Waals surface area contributed by atoms with Crippen LogP contribution in [0.25, 0.3) is 10.8 Å². The third-order valence-corrected chi connectivity index (χ3v) is 4.51. The molecule has 0 radical (unpaired) electrons. The fraction of sp³-hybridized carbons (Fsp3) is 0.429. The highest BCUT2D eigenvalue weighted by atomic mass is 32.2. The number of nitrogens with one attached hydrogen (secondary N) is 1. The summed E-state index contributed by atoms with van der Waals surface area (Å²) in [4.78, 5) is 0.580. The van der Waals surface area contributed by atoms with E-state index in [0.29, 0.717) is 35.7 Å². The summed E-state index contributed by atoms with van der Waals surface area (Å²) < 4.78 is 41.6. The lowest BCUT2D eigenvalue weighted by atomic mass is 10.1. The van der Waals surface area contributed by atoms with Crippen molar-refractivity contribution in [3.63, 3.8) is 0 Å². The SMILES string of the molecule is CCSc1cc(C(F)(F)F)c2c(O)n3c(c2c1)CNCC3. The minimum absolute atomic E-state index is 0.0818. The Hall–Kier alpha value is -1.34. The third kappa shape index (κ3) is 2.38. The molecule has 2 heterocycles. The first-order valence-electron chi connectivity index (χ1n) is 6.72. The Morgan fingerprint density at radius 2 is 2.14 bits per heavy atom. The van der Waals surface area contributed by atoms with Crippen LogP contribution in [0, 0.1) is 0 Å².